The van der Waals surface area contributed by atoms with Crippen molar-refractivity contribution in [3.63, 3.8) is 0 Å². The molecule has 21 heavy (non-hydrogen) atoms. The third kappa shape index (κ3) is 3.88. The van der Waals surface area contributed by atoms with E-state index in [0.29, 0.717) is 6.54 Å². The van der Waals surface area contributed by atoms with Crippen LogP contribution < -0.4 is 11.1 Å². The fraction of sp³-hybridized carbons (Fsp3) is 0.562. The monoisotopic (exact) mass is 292 g/mol. The van der Waals surface area contributed by atoms with Gasteiger partial charge in [0.1, 0.15) is 11.4 Å². The van der Waals surface area contributed by atoms with E-state index >= 15 is 0 Å². The number of hydrogen-bond donors (Lipinski definition) is 3. The molecule has 0 heterocycles. The SMILES string of the molecule is CC(C)(C)OC(=O)NCC1(C(N)c2ccccc2O)CC1. The van der Waals surface area contributed by atoms with E-state index in [1.54, 1.807) is 12.1 Å². The summed E-state index contributed by atoms with van der Waals surface area (Å²) in [5.74, 6) is 0.202. The number of amides is 1. The highest BCUT2D eigenvalue weighted by Gasteiger charge is 2.49. The summed E-state index contributed by atoms with van der Waals surface area (Å²) >= 11 is 0. The maximum atomic E-state index is 11.7. The van der Waals surface area contributed by atoms with Crippen molar-refractivity contribution in [3.8, 4) is 5.75 Å². The zero-order chi connectivity index (χ0) is 15.7. The topological polar surface area (TPSA) is 84.6 Å². The Labute approximate surface area is 125 Å². The second-order valence-electron chi connectivity index (χ2n) is 6.75. The Balaban J connectivity index is 1.97. The number of nitrogens with one attached hydrogen (secondary N) is 1. The summed E-state index contributed by atoms with van der Waals surface area (Å²) in [5, 5.41) is 12.7. The van der Waals surface area contributed by atoms with Crippen LogP contribution in [-0.4, -0.2) is 23.3 Å². The predicted octanol–water partition coefficient (Wildman–Crippen LogP) is 2.70. The minimum atomic E-state index is -0.513. The van der Waals surface area contributed by atoms with Crippen LogP contribution in [0.1, 0.15) is 45.2 Å². The van der Waals surface area contributed by atoms with Crippen molar-refractivity contribution in [1.29, 1.82) is 0 Å². The summed E-state index contributed by atoms with van der Waals surface area (Å²) < 4.78 is 5.23. The summed E-state index contributed by atoms with van der Waals surface area (Å²) in [4.78, 5) is 11.7. The van der Waals surface area contributed by atoms with Crippen LogP contribution in [-0.2, 0) is 4.74 Å². The van der Waals surface area contributed by atoms with Crippen molar-refractivity contribution in [2.45, 2.75) is 45.3 Å². The van der Waals surface area contributed by atoms with Crippen LogP contribution in [0.25, 0.3) is 0 Å². The van der Waals surface area contributed by atoms with Crippen molar-refractivity contribution < 1.29 is 14.6 Å². The van der Waals surface area contributed by atoms with Crippen LogP contribution in [0.3, 0.4) is 0 Å². The van der Waals surface area contributed by atoms with Crippen LogP contribution in [0.15, 0.2) is 24.3 Å². The Morgan fingerprint density at radius 1 is 1.43 bits per heavy atom. The summed E-state index contributed by atoms with van der Waals surface area (Å²) in [6.07, 6.45) is 1.43. The molecule has 1 aromatic rings. The molecule has 1 aliphatic rings. The molecule has 0 saturated heterocycles. The average molecular weight is 292 g/mol. The van der Waals surface area contributed by atoms with Gasteiger partial charge in [-0.2, -0.15) is 0 Å². The summed E-state index contributed by atoms with van der Waals surface area (Å²) in [6.45, 7) is 5.94. The molecule has 116 valence electrons. The highest BCUT2D eigenvalue weighted by Crippen LogP contribution is 2.54. The average Bonchev–Trinajstić information content (AvgIpc) is 3.15. The van der Waals surface area contributed by atoms with Gasteiger partial charge in [-0.15, -0.1) is 0 Å². The number of carbonyl (C=O) groups is 1. The number of alkyl carbamates (subject to hydrolysis) is 1. The molecule has 0 bridgehead atoms. The zero-order valence-corrected chi connectivity index (χ0v) is 12.8. The summed E-state index contributed by atoms with van der Waals surface area (Å²) in [5.41, 5.74) is 6.32. The van der Waals surface area contributed by atoms with Gasteiger partial charge in [0.15, 0.2) is 0 Å². The van der Waals surface area contributed by atoms with Gasteiger partial charge in [-0.05, 0) is 39.7 Å². The Morgan fingerprint density at radius 2 is 2.05 bits per heavy atom. The molecule has 1 atom stereocenters. The first kappa shape index (κ1) is 15.6. The van der Waals surface area contributed by atoms with Gasteiger partial charge in [0.05, 0.1) is 0 Å². The van der Waals surface area contributed by atoms with Crippen molar-refractivity contribution in [3.05, 3.63) is 29.8 Å². The molecular weight excluding hydrogens is 268 g/mol. The van der Waals surface area contributed by atoms with Gasteiger partial charge in [0.2, 0.25) is 0 Å². The zero-order valence-electron chi connectivity index (χ0n) is 12.8. The molecule has 1 aromatic carbocycles. The van der Waals surface area contributed by atoms with Gasteiger partial charge in [0, 0.05) is 23.6 Å². The second-order valence-corrected chi connectivity index (χ2v) is 6.75. The number of ether oxygens (including phenoxy) is 1. The Hall–Kier alpha value is -1.75. The molecule has 5 nitrogen and oxygen atoms in total. The highest BCUT2D eigenvalue weighted by atomic mass is 16.6. The van der Waals surface area contributed by atoms with Gasteiger partial charge in [-0.1, -0.05) is 18.2 Å². The predicted molar refractivity (Wildman–Crippen MR) is 80.9 cm³/mol. The number of para-hydroxylation sites is 1. The number of carbonyl (C=O) groups excluding carboxylic acids is 1. The first-order valence-electron chi connectivity index (χ1n) is 7.24. The normalized spacial score (nSPS) is 17.9. The first-order valence-corrected chi connectivity index (χ1v) is 7.24. The quantitative estimate of drug-likeness (QED) is 0.796. The third-order valence-electron chi connectivity index (χ3n) is 3.81. The Kier molecular flexibility index (Phi) is 4.14. The molecule has 0 spiro atoms. The lowest BCUT2D eigenvalue weighted by molar-refractivity contribution is 0.0513. The molecule has 1 aliphatic carbocycles. The molecule has 2 rings (SSSR count). The molecule has 1 unspecified atom stereocenters. The standard InChI is InChI=1S/C16H24N2O3/c1-15(2,3)21-14(20)18-10-16(8-9-16)13(17)11-6-4-5-7-12(11)19/h4-7,13,19H,8-10,17H2,1-3H3,(H,18,20). The molecule has 0 aromatic heterocycles. The molecule has 1 saturated carbocycles. The third-order valence-corrected chi connectivity index (χ3v) is 3.81. The minimum Gasteiger partial charge on any atom is -0.508 e. The lowest BCUT2D eigenvalue weighted by atomic mass is 9.90. The number of phenols is 1. The molecular formula is C16H24N2O3. The molecule has 0 radical (unpaired) electrons. The maximum absolute atomic E-state index is 11.7. The summed E-state index contributed by atoms with van der Waals surface area (Å²) in [7, 11) is 0. The van der Waals surface area contributed by atoms with Crippen molar-refractivity contribution in [2.24, 2.45) is 11.1 Å². The Morgan fingerprint density at radius 3 is 2.57 bits per heavy atom. The lowest BCUT2D eigenvalue weighted by Crippen LogP contribution is -2.39. The van der Waals surface area contributed by atoms with E-state index < -0.39 is 11.7 Å². The van der Waals surface area contributed by atoms with E-state index in [1.165, 1.54) is 0 Å². The number of benzene rings is 1. The molecule has 1 amide bonds. The van der Waals surface area contributed by atoms with Crippen molar-refractivity contribution in [1.82, 2.24) is 5.32 Å². The molecule has 1 fully saturated rings. The van der Waals surface area contributed by atoms with E-state index in [-0.39, 0.29) is 17.2 Å². The van der Waals surface area contributed by atoms with Crippen LogP contribution in [0.4, 0.5) is 4.79 Å². The van der Waals surface area contributed by atoms with Crippen LogP contribution in [0.2, 0.25) is 0 Å². The van der Waals surface area contributed by atoms with E-state index in [4.69, 9.17) is 10.5 Å². The summed E-state index contributed by atoms with van der Waals surface area (Å²) in [6, 6.07) is 6.78. The van der Waals surface area contributed by atoms with E-state index in [2.05, 4.69) is 5.32 Å². The lowest BCUT2D eigenvalue weighted by Gasteiger charge is -2.26. The van der Waals surface area contributed by atoms with Crippen LogP contribution in [0.5, 0.6) is 5.75 Å². The molecule has 4 N–H and O–H groups in total. The van der Waals surface area contributed by atoms with Crippen LogP contribution in [0, 0.1) is 5.41 Å². The van der Waals surface area contributed by atoms with Gasteiger partial charge in [0.25, 0.3) is 0 Å². The van der Waals surface area contributed by atoms with E-state index in [9.17, 15) is 9.90 Å². The van der Waals surface area contributed by atoms with Crippen molar-refractivity contribution in [2.75, 3.05) is 6.54 Å². The maximum Gasteiger partial charge on any atom is 0.407 e. The van der Waals surface area contributed by atoms with Crippen LogP contribution >= 0.6 is 0 Å². The fourth-order valence-electron chi connectivity index (χ4n) is 2.40. The Bertz CT molecular complexity index is 518. The second kappa shape index (κ2) is 5.56. The number of rotatable bonds is 4. The fourth-order valence-corrected chi connectivity index (χ4v) is 2.40. The van der Waals surface area contributed by atoms with Gasteiger partial charge in [-0.3, -0.25) is 0 Å². The number of nitrogens with two attached hydrogens (primary N) is 1. The minimum absolute atomic E-state index is 0.185. The highest BCUT2D eigenvalue weighted by molar-refractivity contribution is 5.67. The molecule has 5 heteroatoms. The number of phenolic OH excluding ortho intramolecular Hbond substituents is 1. The first-order chi connectivity index (χ1) is 9.73. The number of aromatic hydroxyl groups is 1. The molecule has 0 aliphatic heterocycles. The van der Waals surface area contributed by atoms with E-state index in [1.807, 2.05) is 32.9 Å². The van der Waals surface area contributed by atoms with Gasteiger partial charge in [-0.25, -0.2) is 4.79 Å². The smallest absolute Gasteiger partial charge is 0.407 e. The van der Waals surface area contributed by atoms with Gasteiger partial charge >= 0.3 is 6.09 Å². The van der Waals surface area contributed by atoms with Crippen molar-refractivity contribution >= 4 is 6.09 Å². The van der Waals surface area contributed by atoms with E-state index in [0.717, 1.165) is 18.4 Å². The number of hydrogen-bond acceptors (Lipinski definition) is 4. The largest absolute Gasteiger partial charge is 0.508 e. The van der Waals surface area contributed by atoms with Gasteiger partial charge < -0.3 is 20.9 Å².